The van der Waals surface area contributed by atoms with Crippen LogP contribution < -0.4 is 0 Å². The normalized spacial score (nSPS) is 47.4. The quantitative estimate of drug-likeness (QED) is 0.368. The van der Waals surface area contributed by atoms with Gasteiger partial charge in [-0.25, -0.2) is 0 Å². The van der Waals surface area contributed by atoms with E-state index >= 15 is 0 Å². The van der Waals surface area contributed by atoms with E-state index in [9.17, 15) is 4.79 Å². The zero-order chi connectivity index (χ0) is 19.2. The van der Waals surface area contributed by atoms with Crippen molar-refractivity contribution in [1.82, 2.24) is 0 Å². The predicted molar refractivity (Wildman–Crippen MR) is 107 cm³/mol. The molecular formula is C24H38O3. The van der Waals surface area contributed by atoms with E-state index in [1.54, 1.807) is 12.7 Å². The van der Waals surface area contributed by atoms with Crippen molar-refractivity contribution in [2.75, 3.05) is 13.9 Å². The first-order valence-corrected chi connectivity index (χ1v) is 11.2. The van der Waals surface area contributed by atoms with Crippen LogP contribution in [0.4, 0.5) is 0 Å². The highest BCUT2D eigenvalue weighted by atomic mass is 16.7. The Morgan fingerprint density at radius 1 is 1.19 bits per heavy atom. The maximum Gasteiger partial charge on any atom is 0.146 e. The summed E-state index contributed by atoms with van der Waals surface area (Å²) < 4.78 is 11.0. The van der Waals surface area contributed by atoms with E-state index in [-0.39, 0.29) is 5.92 Å². The minimum atomic E-state index is 0.218. The second kappa shape index (κ2) is 7.30. The maximum absolute atomic E-state index is 11.5. The average Bonchev–Trinajstić information content (AvgIpc) is 3.02. The molecule has 8 atom stereocenters. The van der Waals surface area contributed by atoms with Crippen molar-refractivity contribution in [1.29, 1.82) is 0 Å². The highest BCUT2D eigenvalue weighted by Crippen LogP contribution is 2.67. The average molecular weight is 375 g/mol. The molecule has 3 saturated carbocycles. The molecule has 4 rings (SSSR count). The lowest BCUT2D eigenvalue weighted by Crippen LogP contribution is -2.51. The molecule has 0 unspecified atom stereocenters. The zero-order valence-electron chi connectivity index (χ0n) is 17.7. The molecule has 0 heterocycles. The summed E-state index contributed by atoms with van der Waals surface area (Å²) in [5.74, 6) is 3.26. The van der Waals surface area contributed by atoms with Gasteiger partial charge in [0.25, 0.3) is 0 Å². The molecule has 4 aliphatic rings. The molecule has 0 aromatic carbocycles. The van der Waals surface area contributed by atoms with Crippen LogP contribution in [-0.4, -0.2) is 26.3 Å². The second-order valence-corrected chi connectivity index (χ2v) is 10.4. The molecule has 3 fully saturated rings. The Labute approximate surface area is 165 Å². The molecule has 0 N–H and O–H groups in total. The van der Waals surface area contributed by atoms with Crippen molar-refractivity contribution in [2.45, 2.75) is 78.2 Å². The highest BCUT2D eigenvalue weighted by molar-refractivity contribution is 5.53. The van der Waals surface area contributed by atoms with E-state index in [0.29, 0.717) is 29.6 Å². The summed E-state index contributed by atoms with van der Waals surface area (Å²) in [6.45, 7) is 7.63. The largest absolute Gasteiger partial charge is 0.359 e. The molecule has 0 bridgehead atoms. The lowest BCUT2D eigenvalue weighted by atomic mass is 9.47. The van der Waals surface area contributed by atoms with Gasteiger partial charge in [-0.2, -0.15) is 0 Å². The zero-order valence-corrected chi connectivity index (χ0v) is 17.7. The van der Waals surface area contributed by atoms with Crippen LogP contribution in [0.1, 0.15) is 72.1 Å². The summed E-state index contributed by atoms with van der Waals surface area (Å²) in [6.07, 6.45) is 14.1. The van der Waals surface area contributed by atoms with E-state index in [2.05, 4.69) is 26.8 Å². The number of allylic oxidation sites excluding steroid dienone is 1. The van der Waals surface area contributed by atoms with Crippen LogP contribution in [0.15, 0.2) is 11.6 Å². The summed E-state index contributed by atoms with van der Waals surface area (Å²) in [7, 11) is 1.71. The first kappa shape index (κ1) is 19.6. The number of ether oxygens (including phenoxy) is 2. The lowest BCUT2D eigenvalue weighted by Gasteiger charge is -2.58. The Kier molecular flexibility index (Phi) is 5.31. The van der Waals surface area contributed by atoms with Crippen molar-refractivity contribution in [3.8, 4) is 0 Å². The summed E-state index contributed by atoms with van der Waals surface area (Å²) >= 11 is 0. The van der Waals surface area contributed by atoms with E-state index in [0.717, 1.165) is 30.6 Å². The van der Waals surface area contributed by atoms with Gasteiger partial charge in [-0.1, -0.05) is 32.4 Å². The van der Waals surface area contributed by atoms with Gasteiger partial charge < -0.3 is 14.3 Å². The molecule has 0 aromatic heterocycles. The number of rotatable bonds is 5. The van der Waals surface area contributed by atoms with Crippen molar-refractivity contribution < 1.29 is 14.3 Å². The number of methoxy groups -OCH3 is 1. The first-order valence-electron chi connectivity index (χ1n) is 11.2. The smallest absolute Gasteiger partial charge is 0.146 e. The maximum atomic E-state index is 11.5. The summed E-state index contributed by atoms with van der Waals surface area (Å²) in [6, 6.07) is 0. The van der Waals surface area contributed by atoms with Gasteiger partial charge in [-0.3, -0.25) is 0 Å². The molecule has 0 aliphatic heterocycles. The van der Waals surface area contributed by atoms with Crippen LogP contribution in [0.2, 0.25) is 0 Å². The number of fused-ring (bicyclic) bond motifs is 5. The van der Waals surface area contributed by atoms with Gasteiger partial charge in [-0.15, -0.1) is 0 Å². The minimum Gasteiger partial charge on any atom is -0.359 e. The number of hydrogen-bond donors (Lipinski definition) is 0. The van der Waals surface area contributed by atoms with Crippen LogP contribution in [0.25, 0.3) is 0 Å². The van der Waals surface area contributed by atoms with Crippen molar-refractivity contribution in [2.24, 2.45) is 40.4 Å². The van der Waals surface area contributed by atoms with E-state index in [1.807, 2.05) is 0 Å². The van der Waals surface area contributed by atoms with Gasteiger partial charge in [-0.05, 0) is 85.9 Å². The monoisotopic (exact) mass is 374 g/mol. The number of hydrogen-bond acceptors (Lipinski definition) is 3. The Balaban J connectivity index is 1.55. The molecule has 0 aromatic rings. The van der Waals surface area contributed by atoms with Gasteiger partial charge in [0.15, 0.2) is 0 Å². The number of carbonyl (C=O) groups is 1. The van der Waals surface area contributed by atoms with Crippen LogP contribution in [0.5, 0.6) is 0 Å². The van der Waals surface area contributed by atoms with Crippen molar-refractivity contribution >= 4 is 6.29 Å². The lowest BCUT2D eigenvalue weighted by molar-refractivity contribution is -0.116. The number of carbonyl (C=O) groups excluding carboxylic acids is 1. The topological polar surface area (TPSA) is 35.5 Å². The fraction of sp³-hybridized carbons (Fsp3) is 0.875. The fourth-order valence-corrected chi connectivity index (χ4v) is 7.93. The Morgan fingerprint density at radius 2 is 2.00 bits per heavy atom. The Bertz CT molecular complexity index is 598. The Hall–Kier alpha value is -0.670. The summed E-state index contributed by atoms with van der Waals surface area (Å²) in [4.78, 5) is 11.5. The van der Waals surface area contributed by atoms with Crippen LogP contribution in [0, 0.1) is 40.4 Å². The van der Waals surface area contributed by atoms with Crippen molar-refractivity contribution in [3.63, 3.8) is 0 Å². The minimum absolute atomic E-state index is 0.218. The van der Waals surface area contributed by atoms with E-state index < -0.39 is 0 Å². The molecule has 3 heteroatoms. The standard InChI is InChI=1S/C24H38O3/c1-16(14-25)20-7-8-21-19-6-5-17-13-18(27-15-26-4)9-11-23(17,2)22(19)10-12-24(20,21)3/h5,14,16,18-22H,6-13,15H2,1-4H3/t16-,18+,19+,20-,21+,22+,23+,24-/m1/s1. The molecule has 0 saturated heterocycles. The van der Waals surface area contributed by atoms with Crippen molar-refractivity contribution in [3.05, 3.63) is 11.6 Å². The van der Waals surface area contributed by atoms with Gasteiger partial charge in [0.1, 0.15) is 13.1 Å². The summed E-state index contributed by atoms with van der Waals surface area (Å²) in [5.41, 5.74) is 2.41. The van der Waals surface area contributed by atoms with E-state index in [4.69, 9.17) is 9.47 Å². The van der Waals surface area contributed by atoms with E-state index in [1.165, 1.54) is 44.8 Å². The third-order valence-electron chi connectivity index (χ3n) is 9.40. The molecular weight excluding hydrogens is 336 g/mol. The predicted octanol–water partition coefficient (Wildman–Crippen LogP) is 5.39. The van der Waals surface area contributed by atoms with Crippen LogP contribution in [-0.2, 0) is 14.3 Å². The van der Waals surface area contributed by atoms with Crippen LogP contribution in [0.3, 0.4) is 0 Å². The molecule has 27 heavy (non-hydrogen) atoms. The molecule has 4 aliphatic carbocycles. The van der Waals surface area contributed by atoms with Gasteiger partial charge in [0.2, 0.25) is 0 Å². The highest BCUT2D eigenvalue weighted by Gasteiger charge is 2.59. The Morgan fingerprint density at radius 3 is 2.74 bits per heavy atom. The van der Waals surface area contributed by atoms with Gasteiger partial charge in [0, 0.05) is 13.0 Å². The molecule has 0 amide bonds. The molecule has 0 radical (unpaired) electrons. The SMILES string of the molecule is COCO[C@H]1CC[C@@]2(C)C(=CC[C@H]3[C@@H]4CC[C@H]([C@H](C)C=O)[C@@]4(C)CC[C@@H]32)C1. The van der Waals surface area contributed by atoms with Gasteiger partial charge in [0.05, 0.1) is 6.10 Å². The third kappa shape index (κ3) is 3.04. The van der Waals surface area contributed by atoms with Crippen LogP contribution >= 0.6 is 0 Å². The summed E-state index contributed by atoms with van der Waals surface area (Å²) in [5, 5.41) is 0. The first-order chi connectivity index (χ1) is 12.9. The third-order valence-corrected chi connectivity index (χ3v) is 9.40. The molecule has 152 valence electrons. The molecule has 3 nitrogen and oxygen atoms in total. The van der Waals surface area contributed by atoms with Gasteiger partial charge >= 0.3 is 0 Å². The fourth-order valence-electron chi connectivity index (χ4n) is 7.93. The molecule has 0 spiro atoms. The second-order valence-electron chi connectivity index (χ2n) is 10.4. The number of aldehydes is 1.